The SMILES string of the molecule is CCOc1ccc(CCN/C=C(/C#N)C(=O)NCCCOC)cc1OCC. The van der Waals surface area contributed by atoms with E-state index in [1.165, 1.54) is 6.20 Å². The highest BCUT2D eigenvalue weighted by molar-refractivity contribution is 5.97. The molecule has 0 saturated heterocycles. The summed E-state index contributed by atoms with van der Waals surface area (Å²) in [6.45, 7) is 6.63. The Labute approximate surface area is 161 Å². The molecule has 0 aliphatic heterocycles. The van der Waals surface area contributed by atoms with Crippen molar-refractivity contribution >= 4 is 5.91 Å². The Hall–Kier alpha value is -2.72. The monoisotopic (exact) mass is 375 g/mol. The number of rotatable bonds is 13. The molecule has 0 heterocycles. The minimum absolute atomic E-state index is 0.0501. The summed E-state index contributed by atoms with van der Waals surface area (Å²) in [5.41, 5.74) is 1.12. The van der Waals surface area contributed by atoms with Crippen molar-refractivity contribution in [1.82, 2.24) is 10.6 Å². The predicted octanol–water partition coefficient (Wildman–Crippen LogP) is 2.18. The van der Waals surface area contributed by atoms with Crippen LogP contribution < -0.4 is 20.1 Å². The zero-order valence-corrected chi connectivity index (χ0v) is 16.3. The Balaban J connectivity index is 2.53. The second kappa shape index (κ2) is 13.5. The van der Waals surface area contributed by atoms with Gasteiger partial charge in [-0.2, -0.15) is 5.26 Å². The summed E-state index contributed by atoms with van der Waals surface area (Å²) in [6, 6.07) is 7.73. The molecule has 0 aliphatic rings. The molecule has 1 aromatic carbocycles. The van der Waals surface area contributed by atoms with Gasteiger partial charge in [-0.3, -0.25) is 4.79 Å². The fourth-order valence-electron chi connectivity index (χ4n) is 2.30. The molecule has 7 heteroatoms. The standard InChI is InChI=1S/C20H29N3O4/c1-4-26-18-8-7-16(13-19(18)27-5-2)9-11-22-15-17(14-21)20(24)23-10-6-12-25-3/h7-8,13,15,22H,4-6,9-12H2,1-3H3,(H,23,24)/b17-15-. The van der Waals surface area contributed by atoms with Crippen LogP contribution in [0.1, 0.15) is 25.8 Å². The maximum absolute atomic E-state index is 11.9. The molecule has 0 saturated carbocycles. The van der Waals surface area contributed by atoms with Gasteiger partial charge in [-0.15, -0.1) is 0 Å². The van der Waals surface area contributed by atoms with Crippen molar-refractivity contribution < 1.29 is 19.0 Å². The van der Waals surface area contributed by atoms with E-state index in [1.54, 1.807) is 7.11 Å². The third-order valence-electron chi connectivity index (χ3n) is 3.59. The van der Waals surface area contributed by atoms with E-state index in [4.69, 9.17) is 19.5 Å². The lowest BCUT2D eigenvalue weighted by atomic mass is 10.1. The first-order valence-electron chi connectivity index (χ1n) is 9.15. The van der Waals surface area contributed by atoms with Crippen LogP contribution in [0.5, 0.6) is 11.5 Å². The summed E-state index contributed by atoms with van der Waals surface area (Å²) < 4.78 is 16.1. The highest BCUT2D eigenvalue weighted by Gasteiger charge is 2.08. The largest absolute Gasteiger partial charge is 0.490 e. The van der Waals surface area contributed by atoms with Gasteiger partial charge < -0.3 is 24.8 Å². The minimum atomic E-state index is -0.388. The van der Waals surface area contributed by atoms with Gasteiger partial charge in [-0.1, -0.05) is 6.07 Å². The first kappa shape index (κ1) is 22.3. The normalized spacial score (nSPS) is 10.8. The van der Waals surface area contributed by atoms with Crippen molar-refractivity contribution in [3.05, 3.63) is 35.5 Å². The number of carbonyl (C=O) groups is 1. The number of ether oxygens (including phenoxy) is 3. The molecule has 1 amide bonds. The minimum Gasteiger partial charge on any atom is -0.490 e. The molecule has 1 aromatic rings. The van der Waals surface area contributed by atoms with E-state index in [1.807, 2.05) is 38.1 Å². The highest BCUT2D eigenvalue weighted by Crippen LogP contribution is 2.28. The molecule has 27 heavy (non-hydrogen) atoms. The molecule has 0 bridgehead atoms. The predicted molar refractivity (Wildman–Crippen MR) is 104 cm³/mol. The molecule has 0 fully saturated rings. The van der Waals surface area contributed by atoms with Crippen molar-refractivity contribution in [3.8, 4) is 17.6 Å². The van der Waals surface area contributed by atoms with E-state index < -0.39 is 0 Å². The number of nitriles is 1. The topological polar surface area (TPSA) is 92.6 Å². The molecule has 148 valence electrons. The Bertz CT molecular complexity index is 653. The first-order valence-corrected chi connectivity index (χ1v) is 9.15. The van der Waals surface area contributed by atoms with E-state index in [9.17, 15) is 4.79 Å². The van der Waals surface area contributed by atoms with Gasteiger partial charge in [-0.05, 0) is 44.4 Å². The summed E-state index contributed by atoms with van der Waals surface area (Å²) in [5.74, 6) is 1.06. The van der Waals surface area contributed by atoms with Gasteiger partial charge in [0.05, 0.1) is 13.2 Å². The zero-order chi connectivity index (χ0) is 19.9. The highest BCUT2D eigenvalue weighted by atomic mass is 16.5. The molecule has 0 aliphatic carbocycles. The van der Waals surface area contributed by atoms with Crippen molar-refractivity contribution in [1.29, 1.82) is 5.26 Å². The second-order valence-electron chi connectivity index (χ2n) is 5.62. The summed E-state index contributed by atoms with van der Waals surface area (Å²) in [6.07, 6.45) is 2.87. The number of methoxy groups -OCH3 is 1. The Kier molecular flexibility index (Phi) is 11.1. The lowest BCUT2D eigenvalue weighted by Gasteiger charge is -2.12. The van der Waals surface area contributed by atoms with Crippen LogP contribution in [0.2, 0.25) is 0 Å². The number of carbonyl (C=O) groups excluding carboxylic acids is 1. The molecular formula is C20H29N3O4. The van der Waals surface area contributed by atoms with Crippen LogP contribution in [-0.4, -0.2) is 45.9 Å². The molecule has 1 rings (SSSR count). The van der Waals surface area contributed by atoms with Crippen molar-refractivity contribution in [2.24, 2.45) is 0 Å². The van der Waals surface area contributed by atoms with Gasteiger partial charge in [0, 0.05) is 33.0 Å². The number of hydrogen-bond donors (Lipinski definition) is 2. The lowest BCUT2D eigenvalue weighted by Crippen LogP contribution is -2.27. The van der Waals surface area contributed by atoms with E-state index in [-0.39, 0.29) is 11.5 Å². The molecule has 0 spiro atoms. The van der Waals surface area contributed by atoms with Crippen molar-refractivity contribution in [3.63, 3.8) is 0 Å². The number of benzene rings is 1. The van der Waals surface area contributed by atoms with Crippen molar-refractivity contribution in [2.75, 3.05) is 40.0 Å². The van der Waals surface area contributed by atoms with Crippen LogP contribution >= 0.6 is 0 Å². The van der Waals surface area contributed by atoms with Crippen LogP contribution in [0.3, 0.4) is 0 Å². The summed E-state index contributed by atoms with van der Waals surface area (Å²) in [7, 11) is 1.61. The van der Waals surface area contributed by atoms with Crippen LogP contribution in [0.15, 0.2) is 30.0 Å². The second-order valence-corrected chi connectivity index (χ2v) is 5.62. The van der Waals surface area contributed by atoms with E-state index in [0.29, 0.717) is 39.3 Å². The number of nitrogens with zero attached hydrogens (tertiary/aromatic N) is 1. The molecule has 0 unspecified atom stereocenters. The third-order valence-corrected chi connectivity index (χ3v) is 3.59. The number of nitrogens with one attached hydrogen (secondary N) is 2. The van der Waals surface area contributed by atoms with E-state index in [2.05, 4.69) is 10.6 Å². The molecule has 7 nitrogen and oxygen atoms in total. The summed E-state index contributed by atoms with van der Waals surface area (Å²) >= 11 is 0. The van der Waals surface area contributed by atoms with Crippen LogP contribution in [0.4, 0.5) is 0 Å². The van der Waals surface area contributed by atoms with Crippen LogP contribution in [-0.2, 0) is 16.0 Å². The maximum Gasteiger partial charge on any atom is 0.263 e. The molecule has 0 radical (unpaired) electrons. The lowest BCUT2D eigenvalue weighted by molar-refractivity contribution is -0.117. The van der Waals surface area contributed by atoms with E-state index >= 15 is 0 Å². The number of amides is 1. The summed E-state index contributed by atoms with van der Waals surface area (Å²) in [4.78, 5) is 11.9. The maximum atomic E-state index is 11.9. The first-order chi connectivity index (χ1) is 13.2. The summed E-state index contributed by atoms with van der Waals surface area (Å²) in [5, 5.41) is 14.8. The fourth-order valence-corrected chi connectivity index (χ4v) is 2.30. The Morgan fingerprint density at radius 2 is 1.93 bits per heavy atom. The Morgan fingerprint density at radius 1 is 1.19 bits per heavy atom. The van der Waals surface area contributed by atoms with Crippen LogP contribution in [0.25, 0.3) is 0 Å². The van der Waals surface area contributed by atoms with E-state index in [0.717, 1.165) is 23.5 Å². The van der Waals surface area contributed by atoms with Crippen molar-refractivity contribution in [2.45, 2.75) is 26.7 Å². The molecule has 0 aromatic heterocycles. The van der Waals surface area contributed by atoms with Gasteiger partial charge in [0.2, 0.25) is 0 Å². The third kappa shape index (κ3) is 8.47. The zero-order valence-electron chi connectivity index (χ0n) is 16.3. The van der Waals surface area contributed by atoms with Gasteiger partial charge in [0.1, 0.15) is 11.6 Å². The average Bonchev–Trinajstić information content (AvgIpc) is 2.67. The smallest absolute Gasteiger partial charge is 0.263 e. The van der Waals surface area contributed by atoms with Gasteiger partial charge in [0.15, 0.2) is 11.5 Å². The molecular weight excluding hydrogens is 346 g/mol. The molecule has 0 atom stereocenters. The Morgan fingerprint density at radius 3 is 2.59 bits per heavy atom. The van der Waals surface area contributed by atoms with Crippen LogP contribution in [0, 0.1) is 11.3 Å². The van der Waals surface area contributed by atoms with Gasteiger partial charge in [-0.25, -0.2) is 0 Å². The number of hydrogen-bond acceptors (Lipinski definition) is 6. The average molecular weight is 375 g/mol. The van der Waals surface area contributed by atoms with Gasteiger partial charge >= 0.3 is 0 Å². The molecule has 2 N–H and O–H groups in total. The fraction of sp³-hybridized carbons (Fsp3) is 0.500. The van der Waals surface area contributed by atoms with Gasteiger partial charge in [0.25, 0.3) is 5.91 Å². The quantitative estimate of drug-likeness (QED) is 0.312.